The molecule has 3 aromatic rings. The lowest BCUT2D eigenvalue weighted by Crippen LogP contribution is -2.64. The average molecular weight is 684 g/mol. The molecule has 6 unspecified atom stereocenters. The van der Waals surface area contributed by atoms with Gasteiger partial charge in [0.05, 0.1) is 39.6 Å². The molecule has 264 valence electrons. The number of carbonyl (C=O) groups excluding carboxylic acids is 1. The van der Waals surface area contributed by atoms with Gasteiger partial charge in [-0.15, -0.1) is 0 Å². The second kappa shape index (κ2) is 17.3. The molecule has 0 saturated carbocycles. The first-order chi connectivity index (χ1) is 23.8. The van der Waals surface area contributed by atoms with Gasteiger partial charge in [-0.25, -0.2) is 0 Å². The minimum Gasteiger partial charge on any atom is -0.497 e. The molecule has 0 aromatic heterocycles. The number of carbonyl (C=O) groups is 1. The molecule has 3 aromatic carbocycles. The summed E-state index contributed by atoms with van der Waals surface area (Å²) in [7, 11) is 1.47. The highest BCUT2D eigenvalue weighted by atomic mass is 16.7. The van der Waals surface area contributed by atoms with Gasteiger partial charge < -0.3 is 54.0 Å². The quantitative estimate of drug-likeness (QED) is 0.0509. The molecule has 15 heteroatoms. The maximum Gasteiger partial charge on any atom is 0.187 e. The summed E-state index contributed by atoms with van der Waals surface area (Å²) in [6.07, 6.45) is -12.8. The van der Waals surface area contributed by atoms with E-state index in [4.69, 9.17) is 34.0 Å². The molecule has 5 rings (SSSR count). The molecule has 5 N–H and O–H groups in total. The molecule has 0 bridgehead atoms. The number of ether oxygens (including phenoxy) is 6. The van der Waals surface area contributed by atoms with E-state index in [-0.39, 0.29) is 32.0 Å². The van der Waals surface area contributed by atoms with E-state index in [0.717, 1.165) is 16.3 Å². The molecule has 0 radical (unpaired) electrons. The molecule has 2 heterocycles. The van der Waals surface area contributed by atoms with Crippen LogP contribution in [0.2, 0.25) is 0 Å². The average Bonchev–Trinajstić information content (AvgIpc) is 3.13. The zero-order chi connectivity index (χ0) is 34.9. The van der Waals surface area contributed by atoms with E-state index in [1.807, 2.05) is 42.5 Å². The summed E-state index contributed by atoms with van der Waals surface area (Å²) >= 11 is 0. The number of aliphatic hydroxyl groups is 5. The van der Waals surface area contributed by atoms with E-state index in [2.05, 4.69) is 10.0 Å². The van der Waals surface area contributed by atoms with Crippen LogP contribution < -0.4 is 4.74 Å². The third kappa shape index (κ3) is 8.73. The molecule has 2 fully saturated rings. The lowest BCUT2D eigenvalue weighted by molar-refractivity contribution is -0.356. The van der Waals surface area contributed by atoms with Gasteiger partial charge in [-0.3, -0.25) is 4.79 Å². The Hall–Kier alpha value is -3.70. The summed E-state index contributed by atoms with van der Waals surface area (Å²) in [5.74, 6) is -0.982. The van der Waals surface area contributed by atoms with E-state index < -0.39 is 74.4 Å². The summed E-state index contributed by atoms with van der Waals surface area (Å²) in [4.78, 5) is 16.1. The number of aliphatic hydroxyl groups excluding tert-OH is 5. The van der Waals surface area contributed by atoms with Crippen molar-refractivity contribution in [1.82, 2.24) is 0 Å². The summed E-state index contributed by atoms with van der Waals surface area (Å²) in [6, 6.07) is 19.9. The standard InChI is InChI=1S/C34H41N3O12/c1-44-23-8-4-7-22(14-23)25(40)15-24-28(41)31(27(17-39)48-33(24)45-12-11-36-37-35)49-34-30(43)32(29(42)26(16-38)47-34)46-18-19-9-10-20-5-2-3-6-21(20)13-19/h2-10,13-14,24,26-34,38-39,41-43H,11-12,15-18H2,1H3/t24?,26?,27?,28?,29-,30?,31+,32?,33+,34-/m0/s1. The van der Waals surface area contributed by atoms with Crippen LogP contribution in [0.15, 0.2) is 71.8 Å². The van der Waals surface area contributed by atoms with Gasteiger partial charge in [0.1, 0.15) is 42.4 Å². The van der Waals surface area contributed by atoms with Crippen molar-refractivity contribution in [2.45, 2.75) is 68.3 Å². The van der Waals surface area contributed by atoms with Crippen molar-refractivity contribution in [2.24, 2.45) is 11.0 Å². The molecular weight excluding hydrogens is 642 g/mol. The summed E-state index contributed by atoms with van der Waals surface area (Å²) in [5, 5.41) is 59.6. The maximum absolute atomic E-state index is 13.4. The molecule has 2 aliphatic rings. The fraction of sp³-hybridized carbons (Fsp3) is 0.500. The summed E-state index contributed by atoms with van der Waals surface area (Å²) < 4.78 is 34.7. The van der Waals surface area contributed by atoms with Gasteiger partial charge in [0.15, 0.2) is 18.4 Å². The molecule has 2 aliphatic heterocycles. The fourth-order valence-electron chi connectivity index (χ4n) is 6.09. The zero-order valence-electron chi connectivity index (χ0n) is 26.8. The maximum atomic E-state index is 13.4. The second-order valence-electron chi connectivity index (χ2n) is 11.8. The number of Topliss-reactive ketones (excluding diaryl/α,β-unsaturated/α-hetero) is 1. The van der Waals surface area contributed by atoms with Gasteiger partial charge in [0.25, 0.3) is 0 Å². The molecule has 2 saturated heterocycles. The van der Waals surface area contributed by atoms with E-state index in [1.165, 1.54) is 7.11 Å². The van der Waals surface area contributed by atoms with Gasteiger partial charge >= 0.3 is 0 Å². The van der Waals surface area contributed by atoms with Crippen molar-refractivity contribution in [2.75, 3.05) is 33.5 Å². The van der Waals surface area contributed by atoms with Gasteiger partial charge in [0.2, 0.25) is 0 Å². The number of ketones is 1. The van der Waals surface area contributed by atoms with Gasteiger partial charge in [0, 0.05) is 29.4 Å². The first kappa shape index (κ1) is 36.6. The number of methoxy groups -OCH3 is 1. The van der Waals surface area contributed by atoms with Gasteiger partial charge in [-0.1, -0.05) is 53.6 Å². The largest absolute Gasteiger partial charge is 0.497 e. The Morgan fingerprint density at radius 2 is 1.61 bits per heavy atom. The molecular formula is C34H41N3O12. The van der Waals surface area contributed by atoms with E-state index in [1.54, 1.807) is 24.3 Å². The number of rotatable bonds is 15. The summed E-state index contributed by atoms with van der Waals surface area (Å²) in [6.45, 7) is -1.46. The smallest absolute Gasteiger partial charge is 0.187 e. The number of hydrogen-bond acceptors (Lipinski definition) is 13. The predicted octanol–water partition coefficient (Wildman–Crippen LogP) is 1.85. The van der Waals surface area contributed by atoms with Crippen LogP contribution in [-0.4, -0.2) is 120 Å². The van der Waals surface area contributed by atoms with Crippen LogP contribution >= 0.6 is 0 Å². The molecule has 15 nitrogen and oxygen atoms in total. The van der Waals surface area contributed by atoms with Crippen molar-refractivity contribution in [3.8, 4) is 5.75 Å². The molecule has 0 spiro atoms. The van der Waals surface area contributed by atoms with Crippen LogP contribution in [-0.2, 0) is 30.3 Å². The molecule has 0 amide bonds. The monoisotopic (exact) mass is 683 g/mol. The lowest BCUT2D eigenvalue weighted by atomic mass is 9.85. The zero-order valence-corrected chi connectivity index (χ0v) is 26.8. The Balaban J connectivity index is 1.34. The Kier molecular flexibility index (Phi) is 12.9. The normalized spacial score (nSPS) is 30.1. The summed E-state index contributed by atoms with van der Waals surface area (Å²) in [5.41, 5.74) is 9.71. The highest BCUT2D eigenvalue weighted by Gasteiger charge is 2.52. The van der Waals surface area contributed by atoms with Crippen LogP contribution in [0.5, 0.6) is 5.75 Å². The van der Waals surface area contributed by atoms with Crippen LogP contribution in [0.25, 0.3) is 21.2 Å². The Morgan fingerprint density at radius 1 is 0.857 bits per heavy atom. The SMILES string of the molecule is COc1cccc(C(=O)CC2C(O)[C@H](O[C@@H]3OC(CO)[C@H](O)C(OCc4ccc5ccccc5c4)C3O)C(CO)O[C@H]2OCCN=[N+]=[N-])c1. The van der Waals surface area contributed by atoms with E-state index in [0.29, 0.717) is 11.3 Å². The Morgan fingerprint density at radius 3 is 2.35 bits per heavy atom. The number of fused-ring (bicyclic) bond motifs is 1. The van der Waals surface area contributed by atoms with E-state index in [9.17, 15) is 30.3 Å². The Bertz CT molecular complexity index is 1590. The second-order valence-corrected chi connectivity index (χ2v) is 11.8. The molecule has 10 atom stereocenters. The first-order valence-corrected chi connectivity index (χ1v) is 15.9. The van der Waals surface area contributed by atoms with Crippen molar-refractivity contribution < 1.29 is 58.7 Å². The van der Waals surface area contributed by atoms with Crippen LogP contribution in [0, 0.1) is 5.92 Å². The lowest BCUT2D eigenvalue weighted by Gasteiger charge is -2.47. The third-order valence-electron chi connectivity index (χ3n) is 8.70. The van der Waals surface area contributed by atoms with Crippen molar-refractivity contribution >= 4 is 16.6 Å². The number of azide groups is 1. The van der Waals surface area contributed by atoms with Gasteiger partial charge in [-0.2, -0.15) is 0 Å². The fourth-order valence-corrected chi connectivity index (χ4v) is 6.09. The highest BCUT2D eigenvalue weighted by molar-refractivity contribution is 5.96. The molecule has 49 heavy (non-hydrogen) atoms. The Labute approximate surface area is 282 Å². The van der Waals surface area contributed by atoms with Crippen molar-refractivity contribution in [3.05, 3.63) is 88.3 Å². The third-order valence-corrected chi connectivity index (χ3v) is 8.70. The molecule has 0 aliphatic carbocycles. The minimum atomic E-state index is -1.61. The first-order valence-electron chi connectivity index (χ1n) is 15.9. The van der Waals surface area contributed by atoms with Crippen molar-refractivity contribution in [3.63, 3.8) is 0 Å². The minimum absolute atomic E-state index is 0.00619. The predicted molar refractivity (Wildman–Crippen MR) is 172 cm³/mol. The van der Waals surface area contributed by atoms with Gasteiger partial charge in [-0.05, 0) is 40.1 Å². The van der Waals surface area contributed by atoms with Crippen LogP contribution in [0.1, 0.15) is 22.3 Å². The number of benzene rings is 3. The van der Waals surface area contributed by atoms with Crippen molar-refractivity contribution in [1.29, 1.82) is 0 Å². The number of nitrogens with zero attached hydrogens (tertiary/aromatic N) is 3. The highest BCUT2D eigenvalue weighted by Crippen LogP contribution is 2.35. The topological polar surface area (TPSA) is 222 Å². The van der Waals surface area contributed by atoms with Crippen LogP contribution in [0.3, 0.4) is 0 Å². The number of hydrogen-bond donors (Lipinski definition) is 5. The van der Waals surface area contributed by atoms with Crippen LogP contribution in [0.4, 0.5) is 0 Å². The van der Waals surface area contributed by atoms with E-state index >= 15 is 0 Å².